The van der Waals surface area contributed by atoms with Gasteiger partial charge in [0.05, 0.1) is 6.04 Å². The zero-order valence-corrected chi connectivity index (χ0v) is 13.9. The smallest absolute Gasteiger partial charge is 0.410 e. The maximum absolute atomic E-state index is 11.9. The molecule has 0 spiro atoms. The topological polar surface area (TPSA) is 67.9 Å². The molecule has 1 fully saturated rings. The summed E-state index contributed by atoms with van der Waals surface area (Å²) in [6.45, 7) is 7.02. The van der Waals surface area contributed by atoms with Gasteiger partial charge in [-0.3, -0.25) is 4.99 Å². The molecule has 0 unspecified atom stereocenters. The molecule has 1 saturated heterocycles. The van der Waals surface area contributed by atoms with Crippen LogP contribution in [0, 0.1) is 0 Å². The summed E-state index contributed by atoms with van der Waals surface area (Å²) in [4.78, 5) is 18.1. The van der Waals surface area contributed by atoms with E-state index in [2.05, 4.69) is 27.6 Å². The summed E-state index contributed by atoms with van der Waals surface area (Å²) in [6.07, 6.45) is 4.81. The molecule has 1 rings (SSSR count). The van der Waals surface area contributed by atoms with Gasteiger partial charge >= 0.3 is 6.09 Å². The van der Waals surface area contributed by atoms with Crippen molar-refractivity contribution in [2.24, 2.45) is 10.7 Å². The van der Waals surface area contributed by atoms with Gasteiger partial charge in [-0.1, -0.05) is 0 Å². The van der Waals surface area contributed by atoms with Crippen molar-refractivity contribution in [3.63, 3.8) is 0 Å². The van der Waals surface area contributed by atoms with E-state index >= 15 is 0 Å². The van der Waals surface area contributed by atoms with Crippen molar-refractivity contribution < 1.29 is 9.53 Å². The van der Waals surface area contributed by atoms with Gasteiger partial charge in [-0.15, -0.1) is 0 Å². The van der Waals surface area contributed by atoms with Crippen LogP contribution in [0.5, 0.6) is 0 Å². The molecule has 1 aliphatic rings. The van der Waals surface area contributed by atoms with E-state index in [0.29, 0.717) is 13.1 Å². The molecule has 0 bridgehead atoms. The highest BCUT2D eigenvalue weighted by Gasteiger charge is 2.26. The molecule has 0 aromatic carbocycles. The first-order valence-corrected chi connectivity index (χ1v) is 7.48. The zero-order valence-electron chi connectivity index (χ0n) is 11.7. The monoisotopic (exact) mass is 379 g/mol. The van der Waals surface area contributed by atoms with E-state index < -0.39 is 5.60 Å². The Balaban J connectivity index is 2.41. The molecule has 5 nitrogen and oxygen atoms in total. The van der Waals surface area contributed by atoms with Crippen LogP contribution in [-0.2, 0) is 4.74 Å². The number of hydrogen-bond donors (Lipinski definition) is 1. The van der Waals surface area contributed by atoms with Crippen molar-refractivity contribution in [2.45, 2.75) is 45.3 Å². The van der Waals surface area contributed by atoms with Gasteiger partial charge < -0.3 is 15.4 Å². The van der Waals surface area contributed by atoms with E-state index in [-0.39, 0.29) is 12.1 Å². The fraction of sp³-hybridized carbons (Fsp3) is 0.692. The first-order valence-electron chi connectivity index (χ1n) is 6.40. The van der Waals surface area contributed by atoms with E-state index in [0.717, 1.165) is 16.4 Å². The van der Waals surface area contributed by atoms with Crippen LogP contribution in [-0.4, -0.2) is 41.9 Å². The predicted octanol–water partition coefficient (Wildman–Crippen LogP) is 2.69. The predicted molar refractivity (Wildman–Crippen MR) is 85.6 cm³/mol. The summed E-state index contributed by atoms with van der Waals surface area (Å²) in [5, 5.41) is 0. The highest BCUT2D eigenvalue weighted by Crippen LogP contribution is 2.17. The molecule has 1 heterocycles. The SMILES string of the molecule is CC(C)(C)OC(=O)N1CCC(N=CC(I)=CN)CC1. The normalized spacial score (nSPS) is 18.9. The third-order valence-corrected chi connectivity index (χ3v) is 3.32. The summed E-state index contributed by atoms with van der Waals surface area (Å²) in [5.74, 6) is 0. The maximum atomic E-state index is 11.9. The molecule has 0 aromatic heterocycles. The molecule has 0 atom stereocenters. The van der Waals surface area contributed by atoms with Crippen molar-refractivity contribution in [2.75, 3.05) is 13.1 Å². The number of nitrogens with zero attached hydrogens (tertiary/aromatic N) is 2. The number of allylic oxidation sites excluding steroid dienone is 1. The van der Waals surface area contributed by atoms with Crippen molar-refractivity contribution in [3.8, 4) is 0 Å². The fourth-order valence-corrected chi connectivity index (χ4v) is 1.90. The lowest BCUT2D eigenvalue weighted by Crippen LogP contribution is -2.42. The molecule has 1 aliphatic heterocycles. The van der Waals surface area contributed by atoms with Gasteiger partial charge in [0.1, 0.15) is 5.60 Å². The number of amides is 1. The molecular weight excluding hydrogens is 357 g/mol. The summed E-state index contributed by atoms with van der Waals surface area (Å²) >= 11 is 2.13. The van der Waals surface area contributed by atoms with Crippen LogP contribution in [0.3, 0.4) is 0 Å². The van der Waals surface area contributed by atoms with Crippen LogP contribution in [0.1, 0.15) is 33.6 Å². The third-order valence-electron chi connectivity index (χ3n) is 2.68. The van der Waals surface area contributed by atoms with Crippen LogP contribution in [0.25, 0.3) is 0 Å². The van der Waals surface area contributed by atoms with Crippen LogP contribution in [0.2, 0.25) is 0 Å². The van der Waals surface area contributed by atoms with Gasteiger partial charge in [0.15, 0.2) is 0 Å². The molecule has 0 aromatic rings. The number of hydrogen-bond acceptors (Lipinski definition) is 4. The van der Waals surface area contributed by atoms with Gasteiger partial charge in [-0.25, -0.2) is 4.79 Å². The van der Waals surface area contributed by atoms with Crippen LogP contribution < -0.4 is 5.73 Å². The second kappa shape index (κ2) is 7.12. The number of carbonyl (C=O) groups is 1. The second-order valence-electron chi connectivity index (χ2n) is 5.53. The van der Waals surface area contributed by atoms with Crippen LogP contribution in [0.4, 0.5) is 4.79 Å². The third kappa shape index (κ3) is 6.26. The van der Waals surface area contributed by atoms with Crippen molar-refractivity contribution >= 4 is 34.9 Å². The lowest BCUT2D eigenvalue weighted by molar-refractivity contribution is 0.0207. The van der Waals surface area contributed by atoms with Crippen molar-refractivity contribution in [3.05, 3.63) is 9.78 Å². The minimum Gasteiger partial charge on any atom is -0.444 e. The van der Waals surface area contributed by atoms with Gasteiger partial charge in [0, 0.05) is 29.1 Å². The van der Waals surface area contributed by atoms with Gasteiger partial charge in [-0.2, -0.15) is 0 Å². The lowest BCUT2D eigenvalue weighted by Gasteiger charge is -2.32. The number of carbonyl (C=O) groups excluding carboxylic acids is 1. The Morgan fingerprint density at radius 1 is 1.42 bits per heavy atom. The first-order chi connectivity index (χ1) is 8.81. The fourth-order valence-electron chi connectivity index (χ4n) is 1.74. The Hall–Kier alpha value is -0.790. The minimum absolute atomic E-state index is 0.230. The number of piperidine rings is 1. The van der Waals surface area contributed by atoms with Gasteiger partial charge in [-0.05, 0) is 56.2 Å². The molecule has 108 valence electrons. The molecule has 6 heteroatoms. The Labute approximate surface area is 128 Å². The van der Waals surface area contributed by atoms with E-state index in [1.807, 2.05) is 20.8 Å². The largest absolute Gasteiger partial charge is 0.444 e. The Morgan fingerprint density at radius 3 is 2.47 bits per heavy atom. The number of aliphatic imine (C=N–C) groups is 1. The molecule has 2 N–H and O–H groups in total. The quantitative estimate of drug-likeness (QED) is 0.593. The van der Waals surface area contributed by atoms with Gasteiger partial charge in [0.25, 0.3) is 0 Å². The average Bonchev–Trinajstić information content (AvgIpc) is 2.34. The number of likely N-dealkylation sites (tertiary alicyclic amines) is 1. The van der Waals surface area contributed by atoms with Crippen molar-refractivity contribution in [1.82, 2.24) is 4.90 Å². The maximum Gasteiger partial charge on any atom is 0.410 e. The molecule has 1 amide bonds. The number of ether oxygens (including phenoxy) is 1. The van der Waals surface area contributed by atoms with Crippen LogP contribution >= 0.6 is 22.6 Å². The Kier molecular flexibility index (Phi) is 6.09. The first kappa shape index (κ1) is 16.3. The lowest BCUT2D eigenvalue weighted by atomic mass is 10.1. The summed E-state index contributed by atoms with van der Waals surface area (Å²) in [7, 11) is 0. The second-order valence-corrected chi connectivity index (χ2v) is 6.77. The minimum atomic E-state index is -0.436. The average molecular weight is 379 g/mol. The van der Waals surface area contributed by atoms with E-state index in [1.165, 1.54) is 6.20 Å². The van der Waals surface area contributed by atoms with Crippen LogP contribution in [0.15, 0.2) is 14.8 Å². The van der Waals surface area contributed by atoms with E-state index in [1.54, 1.807) is 11.1 Å². The molecule has 0 aliphatic carbocycles. The Bertz CT molecular complexity index is 367. The summed E-state index contributed by atoms with van der Waals surface area (Å²) < 4.78 is 6.27. The van der Waals surface area contributed by atoms with Gasteiger partial charge in [0.2, 0.25) is 0 Å². The number of nitrogens with two attached hydrogens (primary N) is 1. The molecule has 0 radical (unpaired) electrons. The van der Waals surface area contributed by atoms with Crippen molar-refractivity contribution in [1.29, 1.82) is 0 Å². The van der Waals surface area contributed by atoms with E-state index in [4.69, 9.17) is 10.5 Å². The highest BCUT2D eigenvalue weighted by molar-refractivity contribution is 14.1. The molecular formula is C13H22IN3O2. The number of rotatable bonds is 2. The highest BCUT2D eigenvalue weighted by atomic mass is 127. The summed E-state index contributed by atoms with van der Waals surface area (Å²) in [5.41, 5.74) is 4.94. The molecule has 19 heavy (non-hydrogen) atoms. The Morgan fingerprint density at radius 2 is 2.00 bits per heavy atom. The molecule has 0 saturated carbocycles. The zero-order chi connectivity index (χ0) is 14.5. The summed E-state index contributed by atoms with van der Waals surface area (Å²) in [6, 6.07) is 0.267. The number of halogens is 1. The standard InChI is InChI=1S/C13H22IN3O2/c1-13(2,3)19-12(18)17-6-4-11(5-7-17)16-9-10(14)8-15/h8-9,11H,4-7,15H2,1-3H3. The van der Waals surface area contributed by atoms with E-state index in [9.17, 15) is 4.79 Å².